The molecule has 7 nitrogen and oxygen atoms in total. The molecule has 134 valence electrons. The molecule has 1 atom stereocenters. The summed E-state index contributed by atoms with van der Waals surface area (Å²) in [4.78, 5) is 18.7. The van der Waals surface area contributed by atoms with Crippen molar-refractivity contribution in [2.24, 2.45) is 5.92 Å². The molecule has 2 aromatic rings. The van der Waals surface area contributed by atoms with E-state index >= 15 is 0 Å². The number of piperidine rings is 1. The largest absolute Gasteiger partial charge is 0.335 e. The maximum atomic E-state index is 13.9. The van der Waals surface area contributed by atoms with Gasteiger partial charge in [0.05, 0.1) is 24.1 Å². The molecule has 0 spiro atoms. The minimum Gasteiger partial charge on any atom is -0.335 e. The van der Waals surface area contributed by atoms with E-state index in [1.54, 1.807) is 6.07 Å². The summed E-state index contributed by atoms with van der Waals surface area (Å²) in [6.07, 6.45) is 3.61. The Hall–Kier alpha value is -1.78. The van der Waals surface area contributed by atoms with Gasteiger partial charge in [0.2, 0.25) is 5.91 Å². The highest BCUT2D eigenvalue weighted by Crippen LogP contribution is 2.25. The third-order valence-electron chi connectivity index (χ3n) is 4.03. The first-order valence-electron chi connectivity index (χ1n) is 7.62. The maximum absolute atomic E-state index is 13.9. The molecule has 3 rings (SSSR count). The van der Waals surface area contributed by atoms with Gasteiger partial charge in [-0.25, -0.2) is 17.8 Å². The van der Waals surface area contributed by atoms with Crippen LogP contribution in [-0.4, -0.2) is 41.7 Å². The second kappa shape index (κ2) is 7.22. The number of benzene rings is 1. The number of halogens is 2. The fourth-order valence-electron chi connectivity index (χ4n) is 2.72. The third kappa shape index (κ3) is 3.91. The van der Waals surface area contributed by atoms with Gasteiger partial charge in [0, 0.05) is 17.6 Å². The summed E-state index contributed by atoms with van der Waals surface area (Å²) in [7, 11) is -3.72. The molecule has 25 heavy (non-hydrogen) atoms. The van der Waals surface area contributed by atoms with Crippen LogP contribution in [0.15, 0.2) is 40.2 Å². The molecule has 1 aromatic heterocycles. The Morgan fingerprint density at radius 2 is 2.24 bits per heavy atom. The van der Waals surface area contributed by atoms with Crippen molar-refractivity contribution < 1.29 is 17.6 Å². The Bertz CT molecular complexity index is 873. The molecule has 1 amide bonds. The van der Waals surface area contributed by atoms with Gasteiger partial charge in [-0.05, 0) is 31.0 Å². The summed E-state index contributed by atoms with van der Waals surface area (Å²) in [6.45, 7) is 0.378. The number of nitrogens with zero attached hydrogens (tertiary/aromatic N) is 2. The van der Waals surface area contributed by atoms with E-state index in [9.17, 15) is 17.6 Å². The summed E-state index contributed by atoms with van der Waals surface area (Å²) >= 11 is 3.15. The van der Waals surface area contributed by atoms with Gasteiger partial charge in [-0.15, -0.1) is 0 Å². The molecular weight excluding hydrogens is 415 g/mol. The van der Waals surface area contributed by atoms with Crippen molar-refractivity contribution in [3.63, 3.8) is 0 Å². The van der Waals surface area contributed by atoms with Crippen LogP contribution >= 0.6 is 15.9 Å². The van der Waals surface area contributed by atoms with E-state index in [-0.39, 0.29) is 17.3 Å². The predicted octanol–water partition coefficient (Wildman–Crippen LogP) is 2.35. The lowest BCUT2D eigenvalue weighted by molar-refractivity contribution is -0.120. The molecule has 2 N–H and O–H groups in total. The van der Waals surface area contributed by atoms with Gasteiger partial charge in [0.1, 0.15) is 5.82 Å². The molecule has 1 aromatic carbocycles. The zero-order valence-corrected chi connectivity index (χ0v) is 15.5. The molecule has 1 fully saturated rings. The smallest absolute Gasteiger partial charge is 0.260 e. The number of imidazole rings is 1. The topological polar surface area (TPSA) is 95.2 Å². The van der Waals surface area contributed by atoms with Crippen LogP contribution in [0.2, 0.25) is 0 Å². The second-order valence-corrected chi connectivity index (χ2v) is 8.55. The standard InChI is InChI=1S/C15H16BrFN4O3S/c16-11-3-4-13(12(17)6-11)20-15(22)10-2-1-5-21(8-10)25(23,24)14-7-18-9-19-14/h3-4,6-7,9-10H,1-2,5,8H2,(H,18,19)(H,20,22)/t10-/m1/s1. The maximum Gasteiger partial charge on any atom is 0.260 e. The SMILES string of the molecule is O=C(Nc1ccc(Br)cc1F)[C@@H]1CCCN(S(=O)(=O)c2cnc[nH]2)C1. The van der Waals surface area contributed by atoms with E-state index in [0.717, 1.165) is 0 Å². The van der Waals surface area contributed by atoms with Gasteiger partial charge in [-0.3, -0.25) is 4.79 Å². The molecule has 1 saturated heterocycles. The Balaban J connectivity index is 1.72. The third-order valence-corrected chi connectivity index (χ3v) is 6.32. The van der Waals surface area contributed by atoms with E-state index in [0.29, 0.717) is 23.9 Å². The minimum atomic E-state index is -3.72. The highest BCUT2D eigenvalue weighted by atomic mass is 79.9. The van der Waals surface area contributed by atoms with Gasteiger partial charge in [-0.1, -0.05) is 15.9 Å². The molecule has 0 unspecified atom stereocenters. The summed E-state index contributed by atoms with van der Waals surface area (Å²) in [5, 5.41) is 2.53. The highest BCUT2D eigenvalue weighted by Gasteiger charge is 2.34. The van der Waals surface area contributed by atoms with Crippen LogP contribution in [0.3, 0.4) is 0 Å². The number of rotatable bonds is 4. The van der Waals surface area contributed by atoms with E-state index in [2.05, 4.69) is 31.2 Å². The van der Waals surface area contributed by atoms with Crippen molar-refractivity contribution in [2.45, 2.75) is 17.9 Å². The first-order chi connectivity index (χ1) is 11.9. The molecular formula is C15H16BrFN4O3S. The van der Waals surface area contributed by atoms with Gasteiger partial charge in [0.15, 0.2) is 5.03 Å². The summed E-state index contributed by atoms with van der Waals surface area (Å²) in [5.74, 6) is -1.50. The van der Waals surface area contributed by atoms with E-state index in [1.807, 2.05) is 0 Å². The van der Waals surface area contributed by atoms with Crippen molar-refractivity contribution in [2.75, 3.05) is 18.4 Å². The number of carbonyl (C=O) groups excluding carboxylic acids is 1. The molecule has 0 radical (unpaired) electrons. The zero-order chi connectivity index (χ0) is 18.0. The Morgan fingerprint density at radius 1 is 1.44 bits per heavy atom. The number of anilines is 1. The van der Waals surface area contributed by atoms with E-state index < -0.39 is 27.7 Å². The number of nitrogens with one attached hydrogen (secondary N) is 2. The lowest BCUT2D eigenvalue weighted by Crippen LogP contribution is -2.43. The number of hydrogen-bond acceptors (Lipinski definition) is 4. The quantitative estimate of drug-likeness (QED) is 0.777. The molecule has 1 aliphatic rings. The fourth-order valence-corrected chi connectivity index (χ4v) is 4.48. The number of sulfonamides is 1. The monoisotopic (exact) mass is 430 g/mol. The average molecular weight is 431 g/mol. The van der Waals surface area contributed by atoms with Crippen molar-refractivity contribution in [1.82, 2.24) is 14.3 Å². The average Bonchev–Trinajstić information content (AvgIpc) is 3.13. The first kappa shape index (κ1) is 18.0. The van der Waals surface area contributed by atoms with Crippen LogP contribution in [0.5, 0.6) is 0 Å². The fraction of sp³-hybridized carbons (Fsp3) is 0.333. The lowest BCUT2D eigenvalue weighted by Gasteiger charge is -2.30. The highest BCUT2D eigenvalue weighted by molar-refractivity contribution is 9.10. The molecule has 0 aliphatic carbocycles. The Kier molecular flexibility index (Phi) is 5.21. The van der Waals surface area contributed by atoms with Crippen LogP contribution < -0.4 is 5.32 Å². The zero-order valence-electron chi connectivity index (χ0n) is 13.1. The molecule has 0 saturated carbocycles. The predicted molar refractivity (Wildman–Crippen MR) is 92.8 cm³/mol. The van der Waals surface area contributed by atoms with Gasteiger partial charge >= 0.3 is 0 Å². The number of H-pyrrole nitrogens is 1. The van der Waals surface area contributed by atoms with Crippen molar-refractivity contribution >= 4 is 37.5 Å². The minimum absolute atomic E-state index is 0.00693. The lowest BCUT2D eigenvalue weighted by atomic mass is 9.98. The Morgan fingerprint density at radius 3 is 2.92 bits per heavy atom. The number of amides is 1. The molecule has 1 aliphatic heterocycles. The Labute approximate surface area is 152 Å². The molecule has 10 heteroatoms. The number of hydrogen-bond donors (Lipinski definition) is 2. The van der Waals surface area contributed by atoms with Gasteiger partial charge in [-0.2, -0.15) is 4.31 Å². The van der Waals surface area contributed by atoms with Gasteiger partial charge < -0.3 is 10.3 Å². The second-order valence-electron chi connectivity index (χ2n) is 5.73. The van der Waals surface area contributed by atoms with Crippen molar-refractivity contribution in [1.29, 1.82) is 0 Å². The molecule has 0 bridgehead atoms. The number of carbonyl (C=O) groups is 1. The van der Waals surface area contributed by atoms with Crippen LogP contribution in [0.25, 0.3) is 0 Å². The number of aromatic amines is 1. The normalized spacial score (nSPS) is 18.9. The van der Waals surface area contributed by atoms with Crippen LogP contribution in [0, 0.1) is 11.7 Å². The van der Waals surface area contributed by atoms with Gasteiger partial charge in [0.25, 0.3) is 10.0 Å². The van der Waals surface area contributed by atoms with Crippen LogP contribution in [0.4, 0.5) is 10.1 Å². The van der Waals surface area contributed by atoms with Crippen LogP contribution in [-0.2, 0) is 14.8 Å². The summed E-state index contributed by atoms with van der Waals surface area (Å²) in [5.41, 5.74) is 0.0711. The molecule has 2 heterocycles. The van der Waals surface area contributed by atoms with E-state index in [1.165, 1.54) is 29.0 Å². The van der Waals surface area contributed by atoms with E-state index in [4.69, 9.17) is 0 Å². The van der Waals surface area contributed by atoms with Crippen molar-refractivity contribution in [3.05, 3.63) is 41.0 Å². The van der Waals surface area contributed by atoms with Crippen molar-refractivity contribution in [3.8, 4) is 0 Å². The first-order valence-corrected chi connectivity index (χ1v) is 9.85. The van der Waals surface area contributed by atoms with Crippen LogP contribution in [0.1, 0.15) is 12.8 Å². The summed E-state index contributed by atoms with van der Waals surface area (Å²) < 4.78 is 40.7. The summed E-state index contributed by atoms with van der Waals surface area (Å²) in [6, 6.07) is 4.33. The number of aromatic nitrogens is 2.